The molecule has 7 N–H and O–H groups in total. The first-order chi connectivity index (χ1) is 14.9. The molecule has 2 unspecified atom stereocenters. The number of benzene rings is 1. The van der Waals surface area contributed by atoms with Crippen LogP contribution in [0.2, 0.25) is 0 Å². The Morgan fingerprint density at radius 3 is 2.71 bits per heavy atom. The molecule has 8 nitrogen and oxygen atoms in total. The molecule has 1 saturated carbocycles. The lowest BCUT2D eigenvalue weighted by atomic mass is 9.87. The van der Waals surface area contributed by atoms with E-state index in [9.17, 15) is 9.90 Å². The lowest BCUT2D eigenvalue weighted by Crippen LogP contribution is -2.58. The highest BCUT2D eigenvalue weighted by Crippen LogP contribution is 2.33. The van der Waals surface area contributed by atoms with Crippen LogP contribution < -0.4 is 27.0 Å². The van der Waals surface area contributed by atoms with E-state index in [1.54, 1.807) is 0 Å². The Morgan fingerprint density at radius 2 is 2.03 bits per heavy atom. The van der Waals surface area contributed by atoms with Crippen molar-refractivity contribution < 1.29 is 9.90 Å². The van der Waals surface area contributed by atoms with Crippen LogP contribution in [0.25, 0.3) is 5.70 Å². The molecule has 0 spiro atoms. The van der Waals surface area contributed by atoms with Gasteiger partial charge >= 0.3 is 0 Å². The number of nitrogens with zero attached hydrogens (tertiary/aromatic N) is 2. The molecule has 4 rings (SSSR count). The number of thiazole rings is 1. The Kier molecular flexibility index (Phi) is 6.17. The summed E-state index contributed by atoms with van der Waals surface area (Å²) in [5.74, 6) is -0.440. The summed E-state index contributed by atoms with van der Waals surface area (Å²) < 4.78 is 0. The fraction of sp³-hybridized carbons (Fsp3) is 0.455. The number of anilines is 3. The summed E-state index contributed by atoms with van der Waals surface area (Å²) >= 11 is 1.51. The van der Waals surface area contributed by atoms with Gasteiger partial charge in [0.25, 0.3) is 0 Å². The van der Waals surface area contributed by atoms with Crippen LogP contribution in [0.3, 0.4) is 0 Å². The Bertz CT molecular complexity index is 953. The van der Waals surface area contributed by atoms with Crippen LogP contribution >= 0.6 is 11.3 Å². The molecule has 0 bridgehead atoms. The van der Waals surface area contributed by atoms with Gasteiger partial charge in [0.15, 0.2) is 5.13 Å². The van der Waals surface area contributed by atoms with Crippen molar-refractivity contribution in [1.82, 2.24) is 4.98 Å². The number of carbonyl (C=O) groups excluding carboxylic acids is 1. The summed E-state index contributed by atoms with van der Waals surface area (Å²) in [6.45, 7) is 5.47. The van der Waals surface area contributed by atoms with Gasteiger partial charge in [0.2, 0.25) is 5.91 Å². The Hall–Kier alpha value is -2.62. The number of nitrogens with one attached hydrogen (secondary N) is 2. The monoisotopic (exact) mass is 442 g/mol. The number of piperidine rings is 1. The van der Waals surface area contributed by atoms with Crippen LogP contribution in [-0.4, -0.2) is 46.8 Å². The van der Waals surface area contributed by atoms with Crippen LogP contribution in [0.1, 0.15) is 37.8 Å². The average Bonchev–Trinajstić information content (AvgIpc) is 3.39. The Balaban J connectivity index is 1.42. The smallest absolute Gasteiger partial charge is 0.237 e. The van der Waals surface area contributed by atoms with E-state index in [4.69, 9.17) is 11.5 Å². The maximum Gasteiger partial charge on any atom is 0.237 e. The normalized spacial score (nSPS) is 22.8. The van der Waals surface area contributed by atoms with Crippen LogP contribution in [-0.2, 0) is 4.79 Å². The minimum atomic E-state index is -0.931. The summed E-state index contributed by atoms with van der Waals surface area (Å²) in [7, 11) is 0. The number of hydrogen-bond acceptors (Lipinski definition) is 8. The van der Waals surface area contributed by atoms with E-state index in [1.165, 1.54) is 11.3 Å². The number of amides is 1. The highest BCUT2D eigenvalue weighted by molar-refractivity contribution is 7.13. The van der Waals surface area contributed by atoms with Crippen LogP contribution in [0.15, 0.2) is 36.2 Å². The van der Waals surface area contributed by atoms with E-state index in [1.807, 2.05) is 29.6 Å². The summed E-state index contributed by atoms with van der Waals surface area (Å²) in [6, 6.07) is 8.06. The number of para-hydroxylation sites is 2. The number of rotatable bonds is 7. The second kappa shape index (κ2) is 8.86. The van der Waals surface area contributed by atoms with E-state index in [0.29, 0.717) is 31.6 Å². The molecule has 2 fully saturated rings. The number of carbonyl (C=O) groups is 1. The second-order valence-electron chi connectivity index (χ2n) is 8.42. The summed E-state index contributed by atoms with van der Waals surface area (Å²) in [4.78, 5) is 18.5. The van der Waals surface area contributed by atoms with Crippen LogP contribution in [0.4, 0.5) is 16.5 Å². The van der Waals surface area contributed by atoms with Gasteiger partial charge in [-0.15, -0.1) is 11.3 Å². The molecular weight excluding hydrogens is 412 g/mol. The number of aliphatic hydroxyl groups is 1. The largest absolute Gasteiger partial charge is 0.391 e. The van der Waals surface area contributed by atoms with E-state index >= 15 is 0 Å². The molecule has 1 aromatic carbocycles. The molecule has 9 heteroatoms. The third kappa shape index (κ3) is 4.68. The minimum Gasteiger partial charge on any atom is -0.391 e. The standard InChI is InChI=1S/C22H30N6O2S/c1-14(17-13-31-21(27-17)26-16-6-4-8-19(16)29)25-15-5-2-3-7-18(15)28-11-9-22(24,10-12-28)20(23)30/h2-3,5,7,13,16,19,25,29H,1,4,6,8-12,24H2,(H2,23,30)(H,26,27). The van der Waals surface area contributed by atoms with Gasteiger partial charge in [-0.25, -0.2) is 4.98 Å². The number of aliphatic hydroxyl groups excluding tert-OH is 1. The minimum absolute atomic E-state index is 0.0649. The molecule has 1 amide bonds. The van der Waals surface area contributed by atoms with Gasteiger partial charge in [0.05, 0.1) is 40.5 Å². The SMILES string of the molecule is C=C(Nc1ccccc1N1CCC(N)(C(N)=O)CC1)c1csc(NC2CCCC2O)n1. The molecule has 2 aromatic rings. The Labute approximate surface area is 186 Å². The van der Waals surface area contributed by atoms with Crippen molar-refractivity contribution in [1.29, 1.82) is 0 Å². The molecular formula is C22H30N6O2S. The molecule has 0 radical (unpaired) electrons. The molecule has 1 aromatic heterocycles. The molecule has 2 heterocycles. The maximum atomic E-state index is 11.6. The zero-order valence-corrected chi connectivity index (χ0v) is 18.3. The van der Waals surface area contributed by atoms with Crippen molar-refractivity contribution in [2.24, 2.45) is 11.5 Å². The molecule has 166 valence electrons. The first-order valence-corrected chi connectivity index (χ1v) is 11.5. The van der Waals surface area contributed by atoms with Crippen molar-refractivity contribution in [2.45, 2.75) is 49.8 Å². The van der Waals surface area contributed by atoms with E-state index < -0.39 is 11.4 Å². The highest BCUT2D eigenvalue weighted by Gasteiger charge is 2.36. The molecule has 2 aliphatic rings. The zero-order chi connectivity index (χ0) is 22.0. The third-order valence-electron chi connectivity index (χ3n) is 6.28. The number of nitrogens with two attached hydrogens (primary N) is 2. The fourth-order valence-electron chi connectivity index (χ4n) is 4.22. The predicted molar refractivity (Wildman–Crippen MR) is 126 cm³/mol. The Morgan fingerprint density at radius 1 is 1.29 bits per heavy atom. The van der Waals surface area contributed by atoms with Crippen LogP contribution in [0, 0.1) is 0 Å². The number of primary amides is 1. The van der Waals surface area contributed by atoms with Gasteiger partial charge in [-0.05, 0) is 44.2 Å². The van der Waals surface area contributed by atoms with Gasteiger partial charge in [0, 0.05) is 18.5 Å². The molecule has 1 aliphatic heterocycles. The predicted octanol–water partition coefficient (Wildman–Crippen LogP) is 2.33. The van der Waals surface area contributed by atoms with Gasteiger partial charge in [-0.3, -0.25) is 4.79 Å². The quantitative estimate of drug-likeness (QED) is 0.445. The number of aromatic nitrogens is 1. The molecule has 1 saturated heterocycles. The van der Waals surface area contributed by atoms with Gasteiger partial charge in [-0.1, -0.05) is 18.7 Å². The van der Waals surface area contributed by atoms with Crippen molar-refractivity contribution in [3.8, 4) is 0 Å². The van der Waals surface area contributed by atoms with Gasteiger partial charge < -0.3 is 32.1 Å². The first kappa shape index (κ1) is 21.6. The molecule has 31 heavy (non-hydrogen) atoms. The summed E-state index contributed by atoms with van der Waals surface area (Å²) in [6.07, 6.45) is 3.55. The topological polar surface area (TPSA) is 130 Å². The highest BCUT2D eigenvalue weighted by atomic mass is 32.1. The van der Waals surface area contributed by atoms with E-state index in [0.717, 1.165) is 41.5 Å². The zero-order valence-electron chi connectivity index (χ0n) is 17.5. The average molecular weight is 443 g/mol. The maximum absolute atomic E-state index is 11.6. The lowest BCUT2D eigenvalue weighted by molar-refractivity contribution is -0.123. The fourth-order valence-corrected chi connectivity index (χ4v) is 5.01. The third-order valence-corrected chi connectivity index (χ3v) is 7.05. The lowest BCUT2D eigenvalue weighted by Gasteiger charge is -2.39. The van der Waals surface area contributed by atoms with Crippen molar-refractivity contribution >= 4 is 39.4 Å². The van der Waals surface area contributed by atoms with Crippen molar-refractivity contribution in [3.63, 3.8) is 0 Å². The second-order valence-corrected chi connectivity index (χ2v) is 9.27. The first-order valence-electron chi connectivity index (χ1n) is 10.6. The van der Waals surface area contributed by atoms with E-state index in [-0.39, 0.29) is 12.1 Å². The molecule has 1 aliphatic carbocycles. The van der Waals surface area contributed by atoms with Crippen molar-refractivity contribution in [2.75, 3.05) is 28.6 Å². The van der Waals surface area contributed by atoms with Crippen molar-refractivity contribution in [3.05, 3.63) is 41.9 Å². The van der Waals surface area contributed by atoms with Gasteiger partial charge in [0.1, 0.15) is 0 Å². The molecule has 2 atom stereocenters. The summed E-state index contributed by atoms with van der Waals surface area (Å²) in [5.41, 5.74) is 14.1. The van der Waals surface area contributed by atoms with Gasteiger partial charge in [-0.2, -0.15) is 0 Å². The summed E-state index contributed by atoms with van der Waals surface area (Å²) in [5, 5.41) is 19.5. The van der Waals surface area contributed by atoms with E-state index in [2.05, 4.69) is 27.1 Å². The number of hydrogen-bond donors (Lipinski definition) is 5. The van der Waals surface area contributed by atoms with Crippen LogP contribution in [0.5, 0.6) is 0 Å².